The summed E-state index contributed by atoms with van der Waals surface area (Å²) in [6.45, 7) is 16.6. The molecule has 8 saturated heterocycles. The minimum atomic E-state index is -3.99. The highest BCUT2D eigenvalue weighted by Gasteiger charge is 2.71. The largest absolute Gasteiger partial charge is 0.550 e. The number of fused-ring (bicyclic) bond motifs is 4. The number of oxime groups is 1. The van der Waals surface area contributed by atoms with Crippen molar-refractivity contribution in [1.29, 1.82) is 0 Å². The van der Waals surface area contributed by atoms with Gasteiger partial charge in [-0.15, -0.1) is 0 Å². The van der Waals surface area contributed by atoms with E-state index in [9.17, 15) is 4.57 Å². The third kappa shape index (κ3) is 5.54. The van der Waals surface area contributed by atoms with E-state index in [1.54, 1.807) is 13.8 Å². The highest BCUT2D eigenvalue weighted by Crippen LogP contribution is 2.63. The van der Waals surface area contributed by atoms with Crippen molar-refractivity contribution < 1.29 is 56.7 Å². The van der Waals surface area contributed by atoms with Gasteiger partial charge in [-0.05, 0) is 102 Å². The summed E-state index contributed by atoms with van der Waals surface area (Å²) in [5, 5.41) is 4.64. The normalized spacial score (nSPS) is 52.8. The number of hydrogen-bond acceptors (Lipinski definition) is 13. The van der Waals surface area contributed by atoms with Gasteiger partial charge >= 0.3 is 7.82 Å². The van der Waals surface area contributed by atoms with E-state index < -0.39 is 49.3 Å². The monoisotopic (exact) mass is 727 g/mol. The van der Waals surface area contributed by atoms with Gasteiger partial charge in [-0.3, -0.25) is 13.7 Å². The maximum atomic E-state index is 13.6. The summed E-state index contributed by atoms with van der Waals surface area (Å²) in [4.78, 5) is 24.9. The van der Waals surface area contributed by atoms with Gasteiger partial charge in [-0.25, -0.2) is 24.1 Å². The van der Waals surface area contributed by atoms with Crippen molar-refractivity contribution in [2.75, 3.05) is 13.2 Å². The van der Waals surface area contributed by atoms with Crippen molar-refractivity contribution >= 4 is 13.5 Å². The lowest BCUT2D eigenvalue weighted by atomic mass is 9.56. The molecule has 10 aliphatic rings. The van der Waals surface area contributed by atoms with E-state index in [-0.39, 0.29) is 54.8 Å². The quantitative estimate of drug-likeness (QED) is 0.101. The van der Waals surface area contributed by atoms with Gasteiger partial charge in [0.1, 0.15) is 6.10 Å². The molecule has 16 atom stereocenters. The molecule has 2 spiro atoms. The van der Waals surface area contributed by atoms with Crippen LogP contribution in [-0.4, -0.2) is 66.5 Å². The summed E-state index contributed by atoms with van der Waals surface area (Å²) >= 11 is 0. The molecule has 0 aromatic heterocycles. The van der Waals surface area contributed by atoms with Gasteiger partial charge in [-0.1, -0.05) is 32.9 Å². The van der Waals surface area contributed by atoms with Crippen molar-refractivity contribution in [2.45, 2.75) is 161 Å². The van der Waals surface area contributed by atoms with Gasteiger partial charge < -0.3 is 18.9 Å². The van der Waals surface area contributed by atoms with E-state index >= 15 is 0 Å². The zero-order chi connectivity index (χ0) is 35.3. The lowest BCUT2D eigenvalue weighted by Gasteiger charge is -2.61. The second-order valence-electron chi connectivity index (χ2n) is 16.9. The maximum absolute atomic E-state index is 13.6. The fourth-order valence-corrected chi connectivity index (χ4v) is 12.4. The minimum Gasteiger partial charge on any atom is -0.345 e. The SMILES string of the molecule is CCOP(=O)(OCC)O/N=C(/C[C@H]1O[C@@H]2O[C@]3(C)CC[C@H]4[C@H](C)CC[C@@H]([C@H]1C)C24OO3)[C@H]1O[C@@H]2O[C@]3(C)CC[C@H]4[C@H](C)CC[C@@H]([C@H]1C)C24OO3. The number of rotatable bonds is 9. The third-order valence-electron chi connectivity index (χ3n) is 14.0. The first-order valence-corrected chi connectivity index (χ1v) is 20.8. The predicted molar refractivity (Wildman–Crippen MR) is 178 cm³/mol. The Labute approximate surface area is 296 Å². The van der Waals surface area contributed by atoms with E-state index in [4.69, 9.17) is 52.2 Å². The molecule has 2 unspecified atom stereocenters. The number of phosphoric acid groups is 1. The third-order valence-corrected chi connectivity index (χ3v) is 15.5. The molecule has 10 fully saturated rings. The van der Waals surface area contributed by atoms with Crippen molar-refractivity contribution in [1.82, 2.24) is 0 Å². The van der Waals surface area contributed by atoms with Crippen LogP contribution in [0.3, 0.4) is 0 Å². The molecule has 2 aliphatic carbocycles. The Morgan fingerprint density at radius 2 is 1.22 bits per heavy atom. The molecule has 0 radical (unpaired) electrons. The molecule has 284 valence electrons. The van der Waals surface area contributed by atoms with E-state index in [1.807, 2.05) is 13.8 Å². The van der Waals surface area contributed by atoms with E-state index in [2.05, 4.69) is 32.9 Å². The van der Waals surface area contributed by atoms with E-state index in [1.165, 1.54) is 0 Å². The van der Waals surface area contributed by atoms with Gasteiger partial charge in [0.15, 0.2) is 23.8 Å². The van der Waals surface area contributed by atoms with Crippen molar-refractivity contribution in [3.63, 3.8) is 0 Å². The van der Waals surface area contributed by atoms with Crippen LogP contribution in [0.25, 0.3) is 0 Å². The molecule has 0 aromatic carbocycles. The number of hydrogen-bond donors (Lipinski definition) is 0. The molecule has 10 rings (SSSR count). The summed E-state index contributed by atoms with van der Waals surface area (Å²) in [5.41, 5.74) is -0.865. The van der Waals surface area contributed by atoms with E-state index in [0.717, 1.165) is 44.9 Å². The molecule has 4 bridgehead atoms. The Morgan fingerprint density at radius 1 is 0.700 bits per heavy atom. The van der Waals surface area contributed by atoms with Crippen molar-refractivity contribution in [3.8, 4) is 0 Å². The molecule has 8 aliphatic heterocycles. The highest BCUT2D eigenvalue weighted by atomic mass is 31.2. The standard InChI is InChI=1S/C36H58NO12P/c1-9-39-50(38,40-10-2)49-37-28(30-23(6)27-14-12-21(4)25-16-18-34(8)44-32(42-30)36(25,27)48-46-34)19-29-22(5)26-13-11-20(3)24-15-17-33(7)43-31(41-29)35(24,26)47-45-33/h20-27,29-32H,9-19H2,1-8H3/b37-28-/t20-,21-,22-,23-,24+,25+,26+,27+,29-,30+,31-,32-,33+,34+,35?,36?/m1/s1. The Kier molecular flexibility index (Phi) is 9.41. The van der Waals surface area contributed by atoms with Crippen molar-refractivity contribution in [2.24, 2.45) is 52.5 Å². The molecule has 8 heterocycles. The number of nitrogens with zero attached hydrogens (tertiary/aromatic N) is 1. The van der Waals surface area contributed by atoms with Gasteiger partial charge in [-0.2, -0.15) is 0 Å². The predicted octanol–water partition coefficient (Wildman–Crippen LogP) is 7.43. The summed E-state index contributed by atoms with van der Waals surface area (Å²) in [6.07, 6.45) is 5.59. The molecule has 14 heteroatoms. The summed E-state index contributed by atoms with van der Waals surface area (Å²) in [5.74, 6) is -0.262. The fourth-order valence-electron chi connectivity index (χ4n) is 11.4. The zero-order valence-corrected chi connectivity index (χ0v) is 31.9. The first-order chi connectivity index (χ1) is 23.8. The second kappa shape index (κ2) is 13.0. The van der Waals surface area contributed by atoms with Crippen LogP contribution in [0.2, 0.25) is 0 Å². The van der Waals surface area contributed by atoms with Crippen LogP contribution < -0.4 is 0 Å². The second-order valence-corrected chi connectivity index (χ2v) is 18.5. The van der Waals surface area contributed by atoms with Crippen LogP contribution in [-0.2, 0) is 56.7 Å². The summed E-state index contributed by atoms with van der Waals surface area (Å²) in [6, 6.07) is 0. The molecule has 0 aromatic rings. The average Bonchev–Trinajstić information content (AvgIpc) is 3.45. The molecule has 13 nitrogen and oxygen atoms in total. The van der Waals surface area contributed by atoms with Gasteiger partial charge in [0.2, 0.25) is 11.6 Å². The fraction of sp³-hybridized carbons (Fsp3) is 0.972. The molecule has 0 N–H and O–H groups in total. The maximum Gasteiger partial charge on any atom is 0.550 e. The van der Waals surface area contributed by atoms with Crippen LogP contribution in [0.5, 0.6) is 0 Å². The van der Waals surface area contributed by atoms with Crippen LogP contribution in [0.4, 0.5) is 0 Å². The Hall–Kier alpha value is -0.700. The highest BCUT2D eigenvalue weighted by molar-refractivity contribution is 7.48. The van der Waals surface area contributed by atoms with Crippen LogP contribution >= 0.6 is 7.82 Å². The Bertz CT molecular complexity index is 1360. The van der Waals surface area contributed by atoms with Crippen LogP contribution in [0.1, 0.15) is 113 Å². The van der Waals surface area contributed by atoms with Gasteiger partial charge in [0, 0.05) is 31.1 Å². The smallest absolute Gasteiger partial charge is 0.345 e. The summed E-state index contributed by atoms with van der Waals surface area (Å²) < 4.78 is 57.8. The van der Waals surface area contributed by atoms with Crippen LogP contribution in [0, 0.1) is 47.3 Å². The minimum absolute atomic E-state index is 0.0534. The van der Waals surface area contributed by atoms with Gasteiger partial charge in [0.25, 0.3) is 0 Å². The molecule has 2 saturated carbocycles. The number of phosphoric ester groups is 1. The van der Waals surface area contributed by atoms with Crippen molar-refractivity contribution in [3.05, 3.63) is 0 Å². The lowest BCUT2D eigenvalue weighted by molar-refractivity contribution is -0.571. The Morgan fingerprint density at radius 3 is 1.76 bits per heavy atom. The molecular weight excluding hydrogens is 669 g/mol. The molecule has 0 amide bonds. The number of ether oxygens (including phenoxy) is 4. The molecule has 50 heavy (non-hydrogen) atoms. The topological polar surface area (TPSA) is 131 Å². The Balaban J connectivity index is 1.15. The van der Waals surface area contributed by atoms with E-state index in [0.29, 0.717) is 30.4 Å². The first-order valence-electron chi connectivity index (χ1n) is 19.3. The average molecular weight is 728 g/mol. The van der Waals surface area contributed by atoms with Gasteiger partial charge in [0.05, 0.1) is 25.0 Å². The lowest BCUT2D eigenvalue weighted by Crippen LogP contribution is -2.71. The zero-order valence-electron chi connectivity index (χ0n) is 31.0. The summed E-state index contributed by atoms with van der Waals surface area (Å²) in [7, 11) is -3.99. The molecular formula is C36H58NO12P. The first kappa shape index (κ1) is 36.3. The van der Waals surface area contributed by atoms with Crippen LogP contribution in [0.15, 0.2) is 5.16 Å².